The van der Waals surface area contributed by atoms with Gasteiger partial charge in [0.15, 0.2) is 0 Å². The van der Waals surface area contributed by atoms with Gasteiger partial charge in [0.2, 0.25) is 0 Å². The van der Waals surface area contributed by atoms with Gasteiger partial charge in [-0.25, -0.2) is 4.39 Å². The van der Waals surface area contributed by atoms with E-state index >= 15 is 0 Å². The first kappa shape index (κ1) is 14.8. The lowest BCUT2D eigenvalue weighted by Gasteiger charge is -2.10. The molecule has 0 saturated carbocycles. The van der Waals surface area contributed by atoms with Gasteiger partial charge in [-0.15, -0.1) is 0 Å². The van der Waals surface area contributed by atoms with Gasteiger partial charge in [-0.2, -0.15) is 0 Å². The Morgan fingerprint density at radius 1 is 1.24 bits per heavy atom. The summed E-state index contributed by atoms with van der Waals surface area (Å²) < 4.78 is 18.5. The van der Waals surface area contributed by atoms with Gasteiger partial charge in [0.25, 0.3) is 5.91 Å². The second-order valence-electron chi connectivity index (χ2n) is 4.52. The highest BCUT2D eigenvalue weighted by Crippen LogP contribution is 2.18. The molecule has 2 rings (SSSR count). The molecule has 0 aliphatic carbocycles. The number of amides is 1. The third-order valence-electron chi connectivity index (χ3n) is 3.17. The number of nitrogens with two attached hydrogens (primary N) is 1. The lowest BCUT2D eigenvalue weighted by Crippen LogP contribution is -2.26. The van der Waals surface area contributed by atoms with Crippen LogP contribution >= 0.6 is 0 Å². The van der Waals surface area contributed by atoms with Crippen molar-refractivity contribution in [3.63, 3.8) is 0 Å². The van der Waals surface area contributed by atoms with Crippen molar-refractivity contribution in [3.8, 4) is 5.75 Å². The number of carbonyl (C=O) groups is 1. The molecule has 0 saturated heterocycles. The number of anilines is 1. The van der Waals surface area contributed by atoms with Crippen LogP contribution in [0.3, 0.4) is 0 Å². The van der Waals surface area contributed by atoms with E-state index in [4.69, 9.17) is 10.5 Å². The van der Waals surface area contributed by atoms with Crippen LogP contribution in [-0.2, 0) is 6.42 Å². The van der Waals surface area contributed by atoms with E-state index in [2.05, 4.69) is 5.32 Å². The quantitative estimate of drug-likeness (QED) is 0.830. The molecule has 0 aliphatic heterocycles. The number of hydrogen-bond acceptors (Lipinski definition) is 3. The fourth-order valence-corrected chi connectivity index (χ4v) is 2.05. The maximum atomic E-state index is 13.3. The first-order chi connectivity index (χ1) is 10.1. The number of methoxy groups -OCH3 is 1. The molecule has 5 heteroatoms. The maximum absolute atomic E-state index is 13.3. The zero-order valence-electron chi connectivity index (χ0n) is 11.7. The Morgan fingerprint density at radius 2 is 2.00 bits per heavy atom. The molecule has 110 valence electrons. The normalized spacial score (nSPS) is 10.2. The Bertz CT molecular complexity index is 644. The molecule has 21 heavy (non-hydrogen) atoms. The van der Waals surface area contributed by atoms with E-state index < -0.39 is 5.82 Å². The molecule has 0 bridgehead atoms. The fraction of sp³-hybridized carbons (Fsp3) is 0.188. The van der Waals surface area contributed by atoms with E-state index in [-0.39, 0.29) is 17.2 Å². The maximum Gasteiger partial charge on any atom is 0.253 e. The van der Waals surface area contributed by atoms with Gasteiger partial charge in [0.1, 0.15) is 11.6 Å². The molecule has 4 nitrogen and oxygen atoms in total. The molecule has 0 radical (unpaired) electrons. The standard InChI is InChI=1S/C16H17FN2O2/c1-21-14-8-3-2-5-11(14)9-10-19-16(20)12-6-4-7-13(17)15(12)18/h2-8H,9-10,18H2,1H3,(H,19,20). The molecule has 0 spiro atoms. The molecular weight excluding hydrogens is 271 g/mol. The summed E-state index contributed by atoms with van der Waals surface area (Å²) in [6, 6.07) is 11.8. The smallest absolute Gasteiger partial charge is 0.253 e. The number of nitrogen functional groups attached to an aromatic ring is 1. The van der Waals surface area contributed by atoms with Crippen LogP contribution < -0.4 is 15.8 Å². The number of para-hydroxylation sites is 2. The highest BCUT2D eigenvalue weighted by molar-refractivity contribution is 5.99. The number of rotatable bonds is 5. The molecule has 0 aromatic heterocycles. The molecule has 0 fully saturated rings. The average molecular weight is 288 g/mol. The van der Waals surface area contributed by atoms with E-state index in [9.17, 15) is 9.18 Å². The summed E-state index contributed by atoms with van der Waals surface area (Å²) >= 11 is 0. The van der Waals surface area contributed by atoms with Crippen LogP contribution in [0.4, 0.5) is 10.1 Å². The number of ether oxygens (including phenoxy) is 1. The molecule has 3 N–H and O–H groups in total. The zero-order chi connectivity index (χ0) is 15.2. The van der Waals surface area contributed by atoms with Gasteiger partial charge in [-0.05, 0) is 30.2 Å². The van der Waals surface area contributed by atoms with Crippen LogP contribution in [0.15, 0.2) is 42.5 Å². The topological polar surface area (TPSA) is 64.3 Å². The van der Waals surface area contributed by atoms with Crippen molar-refractivity contribution < 1.29 is 13.9 Å². The summed E-state index contributed by atoms with van der Waals surface area (Å²) in [5.74, 6) is -0.203. The van der Waals surface area contributed by atoms with E-state index in [0.717, 1.165) is 11.3 Å². The van der Waals surface area contributed by atoms with E-state index in [1.54, 1.807) is 7.11 Å². The second-order valence-corrected chi connectivity index (χ2v) is 4.52. The minimum atomic E-state index is -0.590. The van der Waals surface area contributed by atoms with Crippen molar-refractivity contribution in [1.29, 1.82) is 0 Å². The Labute approximate surface area is 122 Å². The first-order valence-electron chi connectivity index (χ1n) is 6.57. The molecule has 0 atom stereocenters. The molecular formula is C16H17FN2O2. The third kappa shape index (κ3) is 3.51. The molecule has 0 unspecified atom stereocenters. The van der Waals surface area contributed by atoms with Crippen molar-refractivity contribution in [2.24, 2.45) is 0 Å². The minimum Gasteiger partial charge on any atom is -0.496 e. The Hall–Kier alpha value is -2.56. The largest absolute Gasteiger partial charge is 0.496 e. The van der Waals surface area contributed by atoms with Crippen molar-refractivity contribution in [1.82, 2.24) is 5.32 Å². The number of hydrogen-bond donors (Lipinski definition) is 2. The van der Waals surface area contributed by atoms with Crippen LogP contribution in [0, 0.1) is 5.82 Å². The Balaban J connectivity index is 1.97. The number of halogens is 1. The predicted molar refractivity (Wildman–Crippen MR) is 79.8 cm³/mol. The van der Waals surface area contributed by atoms with Crippen LogP contribution in [0.25, 0.3) is 0 Å². The molecule has 2 aromatic carbocycles. The van der Waals surface area contributed by atoms with Gasteiger partial charge in [-0.1, -0.05) is 24.3 Å². The molecule has 0 aliphatic rings. The predicted octanol–water partition coefficient (Wildman–Crippen LogP) is 2.39. The van der Waals surface area contributed by atoms with Crippen molar-refractivity contribution in [2.45, 2.75) is 6.42 Å². The summed E-state index contributed by atoms with van der Waals surface area (Å²) in [6.07, 6.45) is 0.616. The molecule has 1 amide bonds. The molecule has 0 heterocycles. The lowest BCUT2D eigenvalue weighted by molar-refractivity contribution is 0.0954. The number of carbonyl (C=O) groups excluding carboxylic acids is 1. The summed E-state index contributed by atoms with van der Waals surface area (Å²) in [5.41, 5.74) is 6.57. The second kappa shape index (κ2) is 6.74. The van der Waals surface area contributed by atoms with Crippen LogP contribution in [0.5, 0.6) is 5.75 Å². The van der Waals surface area contributed by atoms with Crippen molar-refractivity contribution >= 4 is 11.6 Å². The van der Waals surface area contributed by atoms with Gasteiger partial charge >= 0.3 is 0 Å². The monoisotopic (exact) mass is 288 g/mol. The summed E-state index contributed by atoms with van der Waals surface area (Å²) in [4.78, 5) is 12.0. The highest BCUT2D eigenvalue weighted by Gasteiger charge is 2.12. The number of benzene rings is 2. The zero-order valence-corrected chi connectivity index (χ0v) is 11.7. The third-order valence-corrected chi connectivity index (χ3v) is 3.17. The Kier molecular flexibility index (Phi) is 4.77. The van der Waals surface area contributed by atoms with Gasteiger partial charge in [-0.3, -0.25) is 4.79 Å². The van der Waals surface area contributed by atoms with Crippen LogP contribution in [0.2, 0.25) is 0 Å². The van der Waals surface area contributed by atoms with Crippen LogP contribution in [-0.4, -0.2) is 19.6 Å². The molecule has 2 aromatic rings. The SMILES string of the molecule is COc1ccccc1CCNC(=O)c1cccc(F)c1N. The van der Waals surface area contributed by atoms with Crippen LogP contribution in [0.1, 0.15) is 15.9 Å². The van der Waals surface area contributed by atoms with Gasteiger partial charge in [0.05, 0.1) is 18.4 Å². The Morgan fingerprint density at radius 3 is 2.76 bits per heavy atom. The fourth-order valence-electron chi connectivity index (χ4n) is 2.05. The van der Waals surface area contributed by atoms with Gasteiger partial charge < -0.3 is 15.8 Å². The van der Waals surface area contributed by atoms with Gasteiger partial charge in [0, 0.05) is 6.54 Å². The number of nitrogens with one attached hydrogen (secondary N) is 1. The lowest BCUT2D eigenvalue weighted by atomic mass is 10.1. The summed E-state index contributed by atoms with van der Waals surface area (Å²) in [5, 5.41) is 2.73. The average Bonchev–Trinajstić information content (AvgIpc) is 2.50. The van der Waals surface area contributed by atoms with Crippen molar-refractivity contribution in [3.05, 3.63) is 59.4 Å². The highest BCUT2D eigenvalue weighted by atomic mass is 19.1. The first-order valence-corrected chi connectivity index (χ1v) is 6.57. The van der Waals surface area contributed by atoms with Crippen molar-refractivity contribution in [2.75, 3.05) is 19.4 Å². The minimum absolute atomic E-state index is 0.132. The van der Waals surface area contributed by atoms with E-state index in [0.29, 0.717) is 13.0 Å². The summed E-state index contributed by atoms with van der Waals surface area (Å²) in [7, 11) is 1.60. The van der Waals surface area contributed by atoms with E-state index in [1.807, 2.05) is 24.3 Å². The summed E-state index contributed by atoms with van der Waals surface area (Å²) in [6.45, 7) is 0.412. The van der Waals surface area contributed by atoms with E-state index in [1.165, 1.54) is 18.2 Å².